The molecule has 1 aliphatic heterocycles. The predicted octanol–water partition coefficient (Wildman–Crippen LogP) is 5.32. The van der Waals surface area contributed by atoms with Crippen LogP contribution in [0, 0.1) is 0 Å². The fourth-order valence-electron chi connectivity index (χ4n) is 4.04. The quantitative estimate of drug-likeness (QED) is 0.551. The van der Waals surface area contributed by atoms with Gasteiger partial charge in [-0.15, -0.1) is 0 Å². The predicted molar refractivity (Wildman–Crippen MR) is 130 cm³/mol. The Morgan fingerprint density at radius 2 is 1.55 bits per heavy atom. The molecule has 0 aliphatic carbocycles. The number of rotatable bonds is 4. The van der Waals surface area contributed by atoms with Gasteiger partial charge in [-0.05, 0) is 52.1 Å². The zero-order valence-corrected chi connectivity index (χ0v) is 20.5. The minimum atomic E-state index is -0.740. The first-order chi connectivity index (χ1) is 15.3. The molecule has 0 spiro atoms. The standard InChI is InChI=1S/C27H34N2O4/c1-8-33-24(31)20-21(16-12-10-9-11-13-16)28-25(32)29-22(20)17-14-18(26(2,3)4)23(30)19(15-17)27(5,6)7/h9-15,22,30H,8H2,1-7H3,(H2,28,29,32)/t22-/m1/s1. The van der Waals surface area contributed by atoms with Crippen molar-refractivity contribution in [3.8, 4) is 5.75 Å². The molecule has 2 amide bonds. The number of urea groups is 1. The molecule has 0 saturated carbocycles. The summed E-state index contributed by atoms with van der Waals surface area (Å²) in [6, 6.07) is 11.9. The van der Waals surface area contributed by atoms with E-state index >= 15 is 0 Å². The van der Waals surface area contributed by atoms with Gasteiger partial charge in [-0.1, -0.05) is 71.9 Å². The Hall–Kier alpha value is -3.28. The summed E-state index contributed by atoms with van der Waals surface area (Å²) in [4.78, 5) is 25.9. The number of hydrogen-bond donors (Lipinski definition) is 3. The van der Waals surface area contributed by atoms with Gasteiger partial charge in [0.05, 0.1) is 23.9 Å². The average molecular weight is 451 g/mol. The summed E-state index contributed by atoms with van der Waals surface area (Å²) in [5.41, 5.74) is 2.98. The van der Waals surface area contributed by atoms with Crippen molar-refractivity contribution in [3.63, 3.8) is 0 Å². The summed E-state index contributed by atoms with van der Waals surface area (Å²) in [6.07, 6.45) is 0. The van der Waals surface area contributed by atoms with Crippen LogP contribution in [0.2, 0.25) is 0 Å². The number of esters is 1. The zero-order valence-electron chi connectivity index (χ0n) is 20.5. The van der Waals surface area contributed by atoms with E-state index in [1.165, 1.54) is 0 Å². The van der Waals surface area contributed by atoms with Crippen LogP contribution in [0.1, 0.15) is 76.8 Å². The second kappa shape index (κ2) is 8.93. The number of phenolic OH excluding ortho intramolecular Hbond substituents is 1. The van der Waals surface area contributed by atoms with Crippen molar-refractivity contribution in [2.24, 2.45) is 0 Å². The first kappa shape index (κ1) is 24.4. The van der Waals surface area contributed by atoms with Crippen LogP contribution in [0.25, 0.3) is 5.70 Å². The Kier molecular flexibility index (Phi) is 6.59. The second-order valence-electron chi connectivity index (χ2n) is 10.4. The van der Waals surface area contributed by atoms with Crippen molar-refractivity contribution in [2.45, 2.75) is 65.3 Å². The molecule has 33 heavy (non-hydrogen) atoms. The van der Waals surface area contributed by atoms with Gasteiger partial charge in [0.2, 0.25) is 0 Å². The van der Waals surface area contributed by atoms with Crippen molar-refractivity contribution in [1.29, 1.82) is 0 Å². The second-order valence-corrected chi connectivity index (χ2v) is 10.4. The van der Waals surface area contributed by atoms with E-state index in [1.807, 2.05) is 84.0 Å². The van der Waals surface area contributed by atoms with Crippen molar-refractivity contribution in [3.05, 3.63) is 70.3 Å². The van der Waals surface area contributed by atoms with Crippen molar-refractivity contribution in [2.75, 3.05) is 6.61 Å². The van der Waals surface area contributed by atoms with Crippen LogP contribution < -0.4 is 10.6 Å². The highest BCUT2D eigenvalue weighted by atomic mass is 16.5. The Balaban J connectivity index is 2.33. The monoisotopic (exact) mass is 450 g/mol. The van der Waals surface area contributed by atoms with Crippen LogP contribution in [-0.4, -0.2) is 23.7 Å². The zero-order chi connectivity index (χ0) is 24.6. The van der Waals surface area contributed by atoms with Crippen LogP contribution in [0.15, 0.2) is 48.0 Å². The maximum Gasteiger partial charge on any atom is 0.338 e. The fraction of sp³-hybridized carbons (Fsp3) is 0.407. The van der Waals surface area contributed by atoms with Gasteiger partial charge in [-0.3, -0.25) is 0 Å². The highest BCUT2D eigenvalue weighted by molar-refractivity contribution is 6.04. The molecule has 1 heterocycles. The van der Waals surface area contributed by atoms with Gasteiger partial charge >= 0.3 is 12.0 Å². The Morgan fingerprint density at radius 3 is 2.03 bits per heavy atom. The van der Waals surface area contributed by atoms with Gasteiger partial charge in [0.15, 0.2) is 0 Å². The lowest BCUT2D eigenvalue weighted by atomic mass is 9.77. The summed E-state index contributed by atoms with van der Waals surface area (Å²) in [6.45, 7) is 14.1. The van der Waals surface area contributed by atoms with E-state index in [1.54, 1.807) is 6.92 Å². The lowest BCUT2D eigenvalue weighted by molar-refractivity contribution is -0.138. The summed E-state index contributed by atoms with van der Waals surface area (Å²) in [5, 5.41) is 16.8. The molecule has 0 fully saturated rings. The molecular formula is C27H34N2O4. The van der Waals surface area contributed by atoms with Gasteiger partial charge in [-0.25, -0.2) is 9.59 Å². The number of carbonyl (C=O) groups excluding carboxylic acids is 2. The summed E-state index contributed by atoms with van der Waals surface area (Å²) < 4.78 is 5.40. The van der Waals surface area contributed by atoms with Crippen molar-refractivity contribution >= 4 is 17.7 Å². The summed E-state index contributed by atoms with van der Waals surface area (Å²) in [5.74, 6) is -0.263. The molecule has 0 unspecified atom stereocenters. The molecule has 1 aliphatic rings. The normalized spacial score (nSPS) is 16.8. The number of benzene rings is 2. The maximum absolute atomic E-state index is 13.2. The maximum atomic E-state index is 13.2. The van der Waals surface area contributed by atoms with Crippen molar-refractivity contribution in [1.82, 2.24) is 10.6 Å². The fourth-order valence-corrected chi connectivity index (χ4v) is 4.04. The van der Waals surface area contributed by atoms with E-state index in [0.29, 0.717) is 22.4 Å². The number of phenols is 1. The lowest BCUT2D eigenvalue weighted by Crippen LogP contribution is -2.45. The van der Waals surface area contributed by atoms with Crippen LogP contribution >= 0.6 is 0 Å². The molecule has 3 N–H and O–H groups in total. The van der Waals surface area contributed by atoms with Crippen LogP contribution in [0.5, 0.6) is 5.75 Å². The van der Waals surface area contributed by atoms with Gasteiger partial charge < -0.3 is 20.5 Å². The third-order valence-electron chi connectivity index (χ3n) is 5.71. The Morgan fingerprint density at radius 1 is 1.00 bits per heavy atom. The number of amides is 2. The molecule has 176 valence electrons. The number of carbonyl (C=O) groups is 2. The molecule has 6 heteroatoms. The van der Waals surface area contributed by atoms with E-state index in [4.69, 9.17) is 4.74 Å². The average Bonchev–Trinajstić information content (AvgIpc) is 2.72. The molecule has 0 saturated heterocycles. The van der Waals surface area contributed by atoms with Crippen LogP contribution in [-0.2, 0) is 20.4 Å². The minimum Gasteiger partial charge on any atom is -0.507 e. The third-order valence-corrected chi connectivity index (χ3v) is 5.71. The van der Waals surface area contributed by atoms with E-state index in [0.717, 1.165) is 11.1 Å². The van der Waals surface area contributed by atoms with Gasteiger partial charge in [0, 0.05) is 0 Å². The highest BCUT2D eigenvalue weighted by Crippen LogP contribution is 2.42. The van der Waals surface area contributed by atoms with Gasteiger partial charge in [0.25, 0.3) is 0 Å². The summed E-state index contributed by atoms with van der Waals surface area (Å²) >= 11 is 0. The molecule has 0 aromatic heterocycles. The lowest BCUT2D eigenvalue weighted by Gasteiger charge is -2.33. The Bertz CT molecular complexity index is 1050. The largest absolute Gasteiger partial charge is 0.507 e. The van der Waals surface area contributed by atoms with Gasteiger partial charge in [-0.2, -0.15) is 0 Å². The van der Waals surface area contributed by atoms with E-state index < -0.39 is 18.0 Å². The minimum absolute atomic E-state index is 0.209. The smallest absolute Gasteiger partial charge is 0.338 e. The van der Waals surface area contributed by atoms with E-state index in [9.17, 15) is 14.7 Å². The van der Waals surface area contributed by atoms with E-state index in [2.05, 4.69) is 10.6 Å². The van der Waals surface area contributed by atoms with Crippen LogP contribution in [0.4, 0.5) is 4.79 Å². The molecule has 2 aromatic rings. The molecule has 3 rings (SSSR count). The topological polar surface area (TPSA) is 87.7 Å². The third kappa shape index (κ3) is 5.05. The molecular weight excluding hydrogens is 416 g/mol. The molecule has 2 aromatic carbocycles. The number of aromatic hydroxyl groups is 1. The number of nitrogens with one attached hydrogen (secondary N) is 2. The molecule has 0 bridgehead atoms. The summed E-state index contributed by atoms with van der Waals surface area (Å²) in [7, 11) is 0. The molecule has 6 nitrogen and oxygen atoms in total. The number of hydrogen-bond acceptors (Lipinski definition) is 4. The molecule has 1 atom stereocenters. The van der Waals surface area contributed by atoms with Crippen molar-refractivity contribution < 1.29 is 19.4 Å². The molecule has 0 radical (unpaired) electrons. The number of ether oxygens (including phenoxy) is 1. The first-order valence-corrected chi connectivity index (χ1v) is 11.3. The Labute approximate surface area is 196 Å². The van der Waals surface area contributed by atoms with Gasteiger partial charge in [0.1, 0.15) is 5.75 Å². The van der Waals surface area contributed by atoms with E-state index in [-0.39, 0.29) is 23.2 Å². The SMILES string of the molecule is CCOC(=O)C1=C(c2ccccc2)NC(=O)N[C@@H]1c1cc(C(C)(C)C)c(O)c(C(C)(C)C)c1. The highest BCUT2D eigenvalue weighted by Gasteiger charge is 2.36. The van der Waals surface area contributed by atoms with Crippen LogP contribution in [0.3, 0.4) is 0 Å². The first-order valence-electron chi connectivity index (χ1n) is 11.3.